The van der Waals surface area contributed by atoms with Gasteiger partial charge < -0.3 is 15.2 Å². The molecule has 1 amide bonds. The first-order chi connectivity index (χ1) is 9.33. The predicted octanol–water partition coefficient (Wildman–Crippen LogP) is 2.75. The summed E-state index contributed by atoms with van der Waals surface area (Å²) >= 11 is 0. The van der Waals surface area contributed by atoms with Crippen molar-refractivity contribution in [3.63, 3.8) is 0 Å². The van der Waals surface area contributed by atoms with Crippen LogP contribution >= 0.6 is 0 Å². The van der Waals surface area contributed by atoms with Crippen molar-refractivity contribution in [1.29, 1.82) is 0 Å². The van der Waals surface area contributed by atoms with E-state index in [2.05, 4.69) is 10.3 Å². The average molecular weight is 255 g/mol. The number of carbonyl (C=O) groups excluding carboxylic acids is 1. The summed E-state index contributed by atoms with van der Waals surface area (Å²) < 4.78 is 0. The molecule has 2 N–H and O–H groups in total. The highest BCUT2D eigenvalue weighted by Crippen LogP contribution is 2.24. The third kappa shape index (κ3) is 2.62. The van der Waals surface area contributed by atoms with E-state index in [-0.39, 0.29) is 5.91 Å². The highest BCUT2D eigenvalue weighted by Gasteiger charge is 2.21. The minimum absolute atomic E-state index is 0.225. The Morgan fingerprint density at radius 1 is 1.32 bits per heavy atom. The minimum Gasteiger partial charge on any atom is -0.381 e. The van der Waals surface area contributed by atoms with Gasteiger partial charge in [-0.05, 0) is 36.2 Å². The lowest BCUT2D eigenvalue weighted by atomic mass is 10.2. The summed E-state index contributed by atoms with van der Waals surface area (Å²) in [4.78, 5) is 16.6. The number of hydrogen-bond acceptors (Lipinski definition) is 2. The zero-order chi connectivity index (χ0) is 13.1. The van der Waals surface area contributed by atoms with Crippen molar-refractivity contribution in [2.45, 2.75) is 19.4 Å². The molecule has 0 aliphatic carbocycles. The zero-order valence-electron chi connectivity index (χ0n) is 10.7. The number of anilines is 2. The molecule has 0 atom stereocenters. The van der Waals surface area contributed by atoms with E-state index in [1.165, 1.54) is 5.56 Å². The van der Waals surface area contributed by atoms with Gasteiger partial charge in [0, 0.05) is 43.3 Å². The van der Waals surface area contributed by atoms with Crippen molar-refractivity contribution in [1.82, 2.24) is 4.98 Å². The van der Waals surface area contributed by atoms with Crippen LogP contribution in [0.4, 0.5) is 11.4 Å². The fourth-order valence-corrected chi connectivity index (χ4v) is 2.38. The number of benzene rings is 1. The summed E-state index contributed by atoms with van der Waals surface area (Å²) in [5, 5.41) is 3.37. The van der Waals surface area contributed by atoms with Gasteiger partial charge in [-0.1, -0.05) is 6.07 Å². The van der Waals surface area contributed by atoms with Gasteiger partial charge in [0.2, 0.25) is 5.91 Å². The molecule has 1 fully saturated rings. The third-order valence-electron chi connectivity index (χ3n) is 3.39. The van der Waals surface area contributed by atoms with Gasteiger partial charge in [-0.3, -0.25) is 4.79 Å². The number of nitrogens with zero attached hydrogens (tertiary/aromatic N) is 1. The van der Waals surface area contributed by atoms with E-state index in [1.54, 1.807) is 0 Å². The second-order valence-corrected chi connectivity index (χ2v) is 4.77. The Balaban J connectivity index is 1.71. The fraction of sp³-hybridized carbons (Fsp3) is 0.267. The lowest BCUT2D eigenvalue weighted by Crippen LogP contribution is -2.23. The Morgan fingerprint density at radius 2 is 2.26 bits per heavy atom. The van der Waals surface area contributed by atoms with E-state index in [4.69, 9.17) is 0 Å². The van der Waals surface area contributed by atoms with Gasteiger partial charge in [-0.15, -0.1) is 0 Å². The molecular weight excluding hydrogens is 238 g/mol. The normalized spacial score (nSPS) is 14.9. The van der Waals surface area contributed by atoms with Crippen LogP contribution in [0.3, 0.4) is 0 Å². The molecule has 0 unspecified atom stereocenters. The van der Waals surface area contributed by atoms with Gasteiger partial charge in [-0.25, -0.2) is 0 Å². The molecule has 0 radical (unpaired) electrons. The van der Waals surface area contributed by atoms with Gasteiger partial charge in [-0.2, -0.15) is 0 Å². The number of H-pyrrole nitrogens is 1. The van der Waals surface area contributed by atoms with Gasteiger partial charge in [0.15, 0.2) is 0 Å². The minimum atomic E-state index is 0.225. The van der Waals surface area contributed by atoms with E-state index >= 15 is 0 Å². The zero-order valence-corrected chi connectivity index (χ0v) is 10.7. The smallest absolute Gasteiger partial charge is 0.227 e. The molecule has 0 saturated carbocycles. The molecule has 1 aromatic carbocycles. The van der Waals surface area contributed by atoms with Crippen molar-refractivity contribution in [3.05, 3.63) is 48.3 Å². The van der Waals surface area contributed by atoms with E-state index in [9.17, 15) is 4.79 Å². The second-order valence-electron chi connectivity index (χ2n) is 4.77. The van der Waals surface area contributed by atoms with Gasteiger partial charge in [0.05, 0.1) is 0 Å². The van der Waals surface area contributed by atoms with E-state index in [0.29, 0.717) is 6.42 Å². The van der Waals surface area contributed by atoms with Crippen LogP contribution < -0.4 is 10.2 Å². The summed E-state index contributed by atoms with van der Waals surface area (Å²) in [6.07, 6.45) is 5.51. The van der Waals surface area contributed by atoms with Gasteiger partial charge in [0.1, 0.15) is 0 Å². The fourth-order valence-electron chi connectivity index (χ4n) is 2.38. The van der Waals surface area contributed by atoms with Crippen LogP contribution in [0.2, 0.25) is 0 Å². The average Bonchev–Trinajstić information content (AvgIpc) is 3.08. The van der Waals surface area contributed by atoms with Crippen LogP contribution in [0.15, 0.2) is 42.7 Å². The number of hydrogen-bond donors (Lipinski definition) is 2. The maximum Gasteiger partial charge on any atom is 0.227 e. The Hall–Kier alpha value is -2.23. The third-order valence-corrected chi connectivity index (χ3v) is 3.39. The first-order valence-corrected chi connectivity index (χ1v) is 6.59. The lowest BCUT2D eigenvalue weighted by Gasteiger charge is -2.17. The summed E-state index contributed by atoms with van der Waals surface area (Å²) in [6, 6.07) is 10.1. The van der Waals surface area contributed by atoms with Crippen LogP contribution in [-0.2, 0) is 11.3 Å². The van der Waals surface area contributed by atoms with Crippen LogP contribution in [0, 0.1) is 0 Å². The Morgan fingerprint density at radius 3 is 3.00 bits per heavy atom. The first kappa shape index (κ1) is 11.8. The predicted molar refractivity (Wildman–Crippen MR) is 76.1 cm³/mol. The van der Waals surface area contributed by atoms with Gasteiger partial charge in [0.25, 0.3) is 0 Å². The molecule has 98 valence electrons. The SMILES string of the molecule is O=C1CCCN1c1cccc(NCc2cc[nH]c2)c1. The Labute approximate surface area is 112 Å². The van der Waals surface area contributed by atoms with E-state index in [1.807, 2.05) is 47.6 Å². The topological polar surface area (TPSA) is 48.1 Å². The molecule has 1 saturated heterocycles. The number of carbonyl (C=O) groups is 1. The maximum atomic E-state index is 11.7. The van der Waals surface area contributed by atoms with Crippen molar-refractivity contribution < 1.29 is 4.79 Å². The number of aromatic nitrogens is 1. The summed E-state index contributed by atoms with van der Waals surface area (Å²) in [7, 11) is 0. The van der Waals surface area contributed by atoms with E-state index < -0.39 is 0 Å². The molecule has 1 aliphatic heterocycles. The Bertz CT molecular complexity index is 563. The van der Waals surface area contributed by atoms with Gasteiger partial charge >= 0.3 is 0 Å². The molecule has 3 rings (SSSR count). The highest BCUT2D eigenvalue weighted by molar-refractivity contribution is 5.95. The molecule has 4 nitrogen and oxygen atoms in total. The highest BCUT2D eigenvalue weighted by atomic mass is 16.2. The molecule has 4 heteroatoms. The molecule has 2 aromatic rings. The van der Waals surface area contributed by atoms with Crippen molar-refractivity contribution in [3.8, 4) is 0 Å². The number of nitrogens with one attached hydrogen (secondary N) is 2. The lowest BCUT2D eigenvalue weighted by molar-refractivity contribution is -0.117. The van der Waals surface area contributed by atoms with Crippen LogP contribution in [-0.4, -0.2) is 17.4 Å². The van der Waals surface area contributed by atoms with Crippen LogP contribution in [0.25, 0.3) is 0 Å². The molecule has 0 spiro atoms. The number of aromatic amines is 1. The number of amides is 1. The molecular formula is C15H17N3O. The summed E-state index contributed by atoms with van der Waals surface area (Å²) in [5.74, 6) is 0.225. The molecule has 1 aliphatic rings. The summed E-state index contributed by atoms with van der Waals surface area (Å²) in [5.41, 5.74) is 3.24. The largest absolute Gasteiger partial charge is 0.381 e. The molecule has 19 heavy (non-hydrogen) atoms. The van der Waals surface area contributed by atoms with Crippen LogP contribution in [0.1, 0.15) is 18.4 Å². The Kier molecular flexibility index (Phi) is 3.23. The molecule has 0 bridgehead atoms. The maximum absolute atomic E-state index is 11.7. The first-order valence-electron chi connectivity index (χ1n) is 6.59. The van der Waals surface area contributed by atoms with E-state index in [0.717, 1.165) is 30.9 Å². The number of rotatable bonds is 4. The van der Waals surface area contributed by atoms with Crippen molar-refractivity contribution in [2.24, 2.45) is 0 Å². The standard InChI is InChI=1S/C15H17N3O/c19-15-5-2-8-18(15)14-4-1-3-13(9-14)17-11-12-6-7-16-10-12/h1,3-4,6-7,9-10,16-17H,2,5,8,11H2. The quantitative estimate of drug-likeness (QED) is 0.882. The second kappa shape index (κ2) is 5.18. The van der Waals surface area contributed by atoms with Crippen LogP contribution in [0.5, 0.6) is 0 Å². The molecule has 2 heterocycles. The summed E-state index contributed by atoms with van der Waals surface area (Å²) in [6.45, 7) is 1.61. The monoisotopic (exact) mass is 255 g/mol. The van der Waals surface area contributed by atoms with Crippen molar-refractivity contribution in [2.75, 3.05) is 16.8 Å². The van der Waals surface area contributed by atoms with Crippen molar-refractivity contribution >= 4 is 17.3 Å². The molecule has 1 aromatic heterocycles.